The maximum absolute atomic E-state index is 12.9. The standard InChI is InChI=1S/C13H20FNO/c1-3-15(4-2)9-8-13(16)11-6-5-7-12(14)10-11/h5-7,10,13,16H,3-4,8-9H2,1-2H3. The Bertz CT molecular complexity index is 313. The smallest absolute Gasteiger partial charge is 0.123 e. The molecule has 3 heteroatoms. The molecule has 1 aromatic rings. The van der Waals surface area contributed by atoms with Gasteiger partial charge in [0.1, 0.15) is 5.82 Å². The fourth-order valence-corrected chi connectivity index (χ4v) is 1.73. The van der Waals surface area contributed by atoms with Crippen LogP contribution in [0, 0.1) is 5.82 Å². The number of aliphatic hydroxyl groups excluding tert-OH is 1. The maximum Gasteiger partial charge on any atom is 0.123 e. The molecule has 0 aliphatic carbocycles. The average molecular weight is 225 g/mol. The van der Waals surface area contributed by atoms with Crippen molar-refractivity contribution >= 4 is 0 Å². The summed E-state index contributed by atoms with van der Waals surface area (Å²) in [6, 6.07) is 6.18. The van der Waals surface area contributed by atoms with Gasteiger partial charge in [-0.1, -0.05) is 26.0 Å². The lowest BCUT2D eigenvalue weighted by atomic mass is 10.1. The lowest BCUT2D eigenvalue weighted by molar-refractivity contribution is 0.145. The van der Waals surface area contributed by atoms with Crippen molar-refractivity contribution in [3.05, 3.63) is 35.6 Å². The van der Waals surface area contributed by atoms with Crippen molar-refractivity contribution < 1.29 is 9.50 Å². The Hall–Kier alpha value is -0.930. The average Bonchev–Trinajstić information content (AvgIpc) is 2.30. The molecule has 0 radical (unpaired) electrons. The van der Waals surface area contributed by atoms with Gasteiger partial charge in [0.2, 0.25) is 0 Å². The molecule has 0 aliphatic rings. The van der Waals surface area contributed by atoms with Crippen molar-refractivity contribution in [3.8, 4) is 0 Å². The molecule has 0 aromatic heterocycles. The molecule has 2 nitrogen and oxygen atoms in total. The number of hydrogen-bond acceptors (Lipinski definition) is 2. The van der Waals surface area contributed by atoms with Crippen molar-refractivity contribution in [2.45, 2.75) is 26.4 Å². The summed E-state index contributed by atoms with van der Waals surface area (Å²) in [6.45, 7) is 6.99. The van der Waals surface area contributed by atoms with E-state index in [0.29, 0.717) is 12.0 Å². The first-order chi connectivity index (χ1) is 7.67. The van der Waals surface area contributed by atoms with Crippen LogP contribution in [-0.2, 0) is 0 Å². The third-order valence-electron chi connectivity index (χ3n) is 2.85. The Morgan fingerprint density at radius 3 is 2.56 bits per heavy atom. The zero-order chi connectivity index (χ0) is 12.0. The number of halogens is 1. The number of rotatable bonds is 6. The van der Waals surface area contributed by atoms with Gasteiger partial charge in [-0.2, -0.15) is 0 Å². The summed E-state index contributed by atoms with van der Waals surface area (Å²) in [7, 11) is 0. The van der Waals surface area contributed by atoms with Crippen LogP contribution in [0.4, 0.5) is 4.39 Å². The van der Waals surface area contributed by atoms with Gasteiger partial charge in [0.15, 0.2) is 0 Å². The molecule has 0 heterocycles. The van der Waals surface area contributed by atoms with E-state index in [4.69, 9.17) is 0 Å². The van der Waals surface area contributed by atoms with Crippen LogP contribution < -0.4 is 0 Å². The molecule has 0 spiro atoms. The fourth-order valence-electron chi connectivity index (χ4n) is 1.73. The van der Waals surface area contributed by atoms with E-state index < -0.39 is 6.10 Å². The summed E-state index contributed by atoms with van der Waals surface area (Å²) >= 11 is 0. The van der Waals surface area contributed by atoms with Crippen LogP contribution in [0.2, 0.25) is 0 Å². The van der Waals surface area contributed by atoms with Gasteiger partial charge in [-0.05, 0) is 37.2 Å². The molecule has 1 aromatic carbocycles. The third-order valence-corrected chi connectivity index (χ3v) is 2.85. The molecule has 16 heavy (non-hydrogen) atoms. The molecule has 0 fully saturated rings. The summed E-state index contributed by atoms with van der Waals surface area (Å²) in [5.74, 6) is -0.292. The zero-order valence-corrected chi connectivity index (χ0v) is 9.99. The van der Waals surface area contributed by atoms with Gasteiger partial charge < -0.3 is 10.0 Å². The summed E-state index contributed by atoms with van der Waals surface area (Å²) < 4.78 is 12.9. The molecule has 0 saturated heterocycles. The van der Waals surface area contributed by atoms with Crippen LogP contribution in [0.25, 0.3) is 0 Å². The Morgan fingerprint density at radius 1 is 1.31 bits per heavy atom. The third kappa shape index (κ3) is 3.91. The molecule has 1 unspecified atom stereocenters. The van der Waals surface area contributed by atoms with Gasteiger partial charge in [0, 0.05) is 6.54 Å². The molecule has 1 N–H and O–H groups in total. The van der Waals surface area contributed by atoms with Gasteiger partial charge in [0.25, 0.3) is 0 Å². The lowest BCUT2D eigenvalue weighted by Gasteiger charge is -2.20. The Kier molecular flexibility index (Phi) is 5.43. The molecule has 0 saturated carbocycles. The number of hydrogen-bond donors (Lipinski definition) is 1. The normalized spacial score (nSPS) is 13.1. The minimum absolute atomic E-state index is 0.292. The lowest BCUT2D eigenvalue weighted by Crippen LogP contribution is -2.25. The summed E-state index contributed by atoms with van der Waals surface area (Å²) in [5, 5.41) is 9.89. The van der Waals surface area contributed by atoms with E-state index in [-0.39, 0.29) is 5.82 Å². The van der Waals surface area contributed by atoms with Gasteiger partial charge in [-0.25, -0.2) is 4.39 Å². The summed E-state index contributed by atoms with van der Waals surface area (Å²) in [4.78, 5) is 2.24. The van der Waals surface area contributed by atoms with Crippen molar-refractivity contribution in [2.75, 3.05) is 19.6 Å². The molecule has 1 atom stereocenters. The van der Waals surface area contributed by atoms with Gasteiger partial charge in [-0.15, -0.1) is 0 Å². The van der Waals surface area contributed by atoms with Gasteiger partial charge >= 0.3 is 0 Å². The second-order valence-corrected chi connectivity index (χ2v) is 3.89. The quantitative estimate of drug-likeness (QED) is 0.804. The minimum atomic E-state index is -0.573. The van der Waals surface area contributed by atoms with Crippen LogP contribution in [0.1, 0.15) is 31.9 Å². The highest BCUT2D eigenvalue weighted by molar-refractivity contribution is 5.18. The Morgan fingerprint density at radius 2 is 2.00 bits per heavy atom. The highest BCUT2D eigenvalue weighted by Crippen LogP contribution is 2.17. The number of aliphatic hydroxyl groups is 1. The first-order valence-corrected chi connectivity index (χ1v) is 5.83. The molecule has 90 valence electrons. The van der Waals surface area contributed by atoms with E-state index in [0.717, 1.165) is 19.6 Å². The van der Waals surface area contributed by atoms with Crippen LogP contribution in [0.3, 0.4) is 0 Å². The first-order valence-electron chi connectivity index (χ1n) is 5.83. The van der Waals surface area contributed by atoms with Crippen LogP contribution in [0.5, 0.6) is 0 Å². The maximum atomic E-state index is 12.9. The molecule has 0 bridgehead atoms. The van der Waals surface area contributed by atoms with Crippen molar-refractivity contribution in [2.24, 2.45) is 0 Å². The minimum Gasteiger partial charge on any atom is -0.388 e. The Balaban J connectivity index is 2.49. The monoisotopic (exact) mass is 225 g/mol. The number of nitrogens with zero attached hydrogens (tertiary/aromatic N) is 1. The van der Waals surface area contributed by atoms with Crippen molar-refractivity contribution in [1.82, 2.24) is 4.90 Å². The van der Waals surface area contributed by atoms with E-state index in [1.54, 1.807) is 12.1 Å². The SMILES string of the molecule is CCN(CC)CCC(O)c1cccc(F)c1. The molecule has 0 amide bonds. The largest absolute Gasteiger partial charge is 0.388 e. The predicted molar refractivity (Wildman–Crippen MR) is 63.8 cm³/mol. The van der Waals surface area contributed by atoms with Gasteiger partial charge in [0.05, 0.1) is 6.10 Å². The van der Waals surface area contributed by atoms with Crippen LogP contribution in [0.15, 0.2) is 24.3 Å². The predicted octanol–water partition coefficient (Wildman–Crippen LogP) is 2.59. The first kappa shape index (κ1) is 13.1. The summed E-state index contributed by atoms with van der Waals surface area (Å²) in [5.41, 5.74) is 0.659. The van der Waals surface area contributed by atoms with Crippen molar-refractivity contribution in [1.29, 1.82) is 0 Å². The highest BCUT2D eigenvalue weighted by Gasteiger charge is 2.09. The van der Waals surface area contributed by atoms with Crippen molar-refractivity contribution in [3.63, 3.8) is 0 Å². The van der Waals surface area contributed by atoms with Crippen LogP contribution >= 0.6 is 0 Å². The van der Waals surface area contributed by atoms with E-state index >= 15 is 0 Å². The van der Waals surface area contributed by atoms with E-state index in [1.165, 1.54) is 12.1 Å². The fraction of sp³-hybridized carbons (Fsp3) is 0.538. The molecule has 1 rings (SSSR count). The summed E-state index contributed by atoms with van der Waals surface area (Å²) in [6.07, 6.45) is 0.0711. The van der Waals surface area contributed by atoms with E-state index in [1.807, 2.05) is 0 Å². The second kappa shape index (κ2) is 6.61. The van der Waals surface area contributed by atoms with E-state index in [2.05, 4.69) is 18.7 Å². The van der Waals surface area contributed by atoms with E-state index in [9.17, 15) is 9.50 Å². The molecular formula is C13H20FNO. The Labute approximate surface area is 96.7 Å². The van der Waals surface area contributed by atoms with Gasteiger partial charge in [-0.3, -0.25) is 0 Å². The molecule has 0 aliphatic heterocycles. The highest BCUT2D eigenvalue weighted by atomic mass is 19.1. The number of benzene rings is 1. The molecular weight excluding hydrogens is 205 g/mol. The topological polar surface area (TPSA) is 23.5 Å². The second-order valence-electron chi connectivity index (χ2n) is 3.89. The van der Waals surface area contributed by atoms with Crippen LogP contribution in [-0.4, -0.2) is 29.6 Å². The zero-order valence-electron chi connectivity index (χ0n) is 9.99.